The van der Waals surface area contributed by atoms with Crippen molar-refractivity contribution in [1.29, 1.82) is 0 Å². The van der Waals surface area contributed by atoms with E-state index in [0.717, 1.165) is 17.5 Å². The standard InChI is InChI=1S/C22H20N4O3S/c1-13-18(19(26-29-13)15-10-6-3-7-11-15)21(28)23-22(30)25-24-20(27)17-12-16(17)14-8-4-2-5-9-14/h2-11,16-17H,12H2,1H3,(H,24,27)(H2,23,25,28,30)/t16-,17+/m1/s1. The molecule has 1 aliphatic rings. The number of nitrogens with zero attached hydrogens (tertiary/aromatic N) is 1. The van der Waals surface area contributed by atoms with Crippen LogP contribution < -0.4 is 16.2 Å². The Morgan fingerprint density at radius 3 is 2.40 bits per heavy atom. The van der Waals surface area contributed by atoms with E-state index in [4.69, 9.17) is 16.7 Å². The Kier molecular flexibility index (Phi) is 5.58. The maximum absolute atomic E-state index is 12.7. The lowest BCUT2D eigenvalue weighted by atomic mass is 10.1. The molecule has 1 fully saturated rings. The number of carbonyl (C=O) groups is 2. The predicted molar refractivity (Wildman–Crippen MR) is 115 cm³/mol. The van der Waals surface area contributed by atoms with E-state index in [2.05, 4.69) is 21.3 Å². The summed E-state index contributed by atoms with van der Waals surface area (Å²) in [6.45, 7) is 1.66. The van der Waals surface area contributed by atoms with E-state index in [1.54, 1.807) is 6.92 Å². The van der Waals surface area contributed by atoms with Gasteiger partial charge < -0.3 is 4.52 Å². The average Bonchev–Trinajstić information content (AvgIpc) is 3.48. The highest BCUT2D eigenvalue weighted by molar-refractivity contribution is 7.80. The van der Waals surface area contributed by atoms with Crippen molar-refractivity contribution in [3.63, 3.8) is 0 Å². The van der Waals surface area contributed by atoms with Crippen LogP contribution in [0.1, 0.15) is 34.0 Å². The summed E-state index contributed by atoms with van der Waals surface area (Å²) in [4.78, 5) is 25.0. The molecule has 3 N–H and O–H groups in total. The molecule has 0 radical (unpaired) electrons. The fourth-order valence-electron chi connectivity index (χ4n) is 3.39. The van der Waals surface area contributed by atoms with Crippen molar-refractivity contribution in [3.05, 3.63) is 77.6 Å². The summed E-state index contributed by atoms with van der Waals surface area (Å²) in [5.74, 6) is -0.144. The zero-order chi connectivity index (χ0) is 21.1. The highest BCUT2D eigenvalue weighted by Gasteiger charge is 2.43. The van der Waals surface area contributed by atoms with Gasteiger partial charge in [-0.2, -0.15) is 0 Å². The molecule has 2 atom stereocenters. The van der Waals surface area contributed by atoms with Crippen LogP contribution in [-0.4, -0.2) is 22.1 Å². The van der Waals surface area contributed by atoms with Crippen LogP contribution >= 0.6 is 12.2 Å². The van der Waals surface area contributed by atoms with Crippen molar-refractivity contribution in [1.82, 2.24) is 21.3 Å². The van der Waals surface area contributed by atoms with Gasteiger partial charge in [0.1, 0.15) is 17.0 Å². The lowest BCUT2D eigenvalue weighted by Gasteiger charge is -2.11. The summed E-state index contributed by atoms with van der Waals surface area (Å²) in [6.07, 6.45) is 0.789. The summed E-state index contributed by atoms with van der Waals surface area (Å²) in [5, 5.41) is 6.54. The van der Waals surface area contributed by atoms with E-state index in [9.17, 15) is 9.59 Å². The van der Waals surface area contributed by atoms with Gasteiger partial charge in [-0.15, -0.1) is 0 Å². The molecule has 7 nitrogen and oxygen atoms in total. The summed E-state index contributed by atoms with van der Waals surface area (Å²) in [5.41, 5.74) is 7.79. The number of thiocarbonyl (C=S) groups is 1. The minimum atomic E-state index is -0.465. The number of hydrogen-bond acceptors (Lipinski definition) is 5. The van der Waals surface area contributed by atoms with Crippen LogP contribution in [-0.2, 0) is 4.79 Å². The topological polar surface area (TPSA) is 96.3 Å². The van der Waals surface area contributed by atoms with Crippen LogP contribution in [0.3, 0.4) is 0 Å². The molecule has 3 aromatic rings. The number of rotatable bonds is 4. The molecule has 152 valence electrons. The van der Waals surface area contributed by atoms with Gasteiger partial charge in [0.25, 0.3) is 5.91 Å². The minimum absolute atomic E-state index is 0.00938. The van der Waals surface area contributed by atoms with Crippen LogP contribution in [0.4, 0.5) is 0 Å². The number of hydrazine groups is 1. The van der Waals surface area contributed by atoms with Crippen molar-refractivity contribution in [2.45, 2.75) is 19.3 Å². The first-order valence-corrected chi connectivity index (χ1v) is 9.93. The molecule has 1 saturated carbocycles. The molecule has 1 aliphatic carbocycles. The van der Waals surface area contributed by atoms with Gasteiger partial charge in [-0.05, 0) is 37.0 Å². The number of hydrogen-bond donors (Lipinski definition) is 3. The molecule has 0 unspecified atom stereocenters. The van der Waals surface area contributed by atoms with Crippen LogP contribution in [0.5, 0.6) is 0 Å². The van der Waals surface area contributed by atoms with Gasteiger partial charge in [0.05, 0.1) is 0 Å². The Bertz CT molecular complexity index is 1080. The van der Waals surface area contributed by atoms with Crippen LogP contribution in [0, 0.1) is 12.8 Å². The molecule has 1 aromatic heterocycles. The lowest BCUT2D eigenvalue weighted by molar-refractivity contribution is -0.123. The van der Waals surface area contributed by atoms with Crippen LogP contribution in [0.25, 0.3) is 11.3 Å². The summed E-state index contributed by atoms with van der Waals surface area (Å²) >= 11 is 5.15. The van der Waals surface area contributed by atoms with E-state index in [0.29, 0.717) is 17.0 Å². The molecule has 8 heteroatoms. The first-order valence-electron chi connectivity index (χ1n) is 9.52. The third kappa shape index (κ3) is 4.23. The molecule has 4 rings (SSSR count). The Balaban J connectivity index is 1.33. The average molecular weight is 420 g/mol. The maximum Gasteiger partial charge on any atom is 0.263 e. The highest BCUT2D eigenvalue weighted by Crippen LogP contribution is 2.47. The van der Waals surface area contributed by atoms with Crippen molar-refractivity contribution >= 4 is 29.1 Å². The van der Waals surface area contributed by atoms with Crippen LogP contribution in [0.15, 0.2) is 65.2 Å². The summed E-state index contributed by atoms with van der Waals surface area (Å²) in [7, 11) is 0. The molecule has 0 saturated heterocycles. The molecule has 0 aliphatic heterocycles. The molecule has 2 amide bonds. The van der Waals surface area contributed by atoms with Gasteiger partial charge in [-0.1, -0.05) is 65.8 Å². The first-order chi connectivity index (χ1) is 14.5. The van der Waals surface area contributed by atoms with Crippen molar-refractivity contribution in [2.24, 2.45) is 5.92 Å². The Labute approximate surface area is 178 Å². The lowest BCUT2D eigenvalue weighted by Crippen LogP contribution is -2.49. The monoisotopic (exact) mass is 420 g/mol. The smallest absolute Gasteiger partial charge is 0.263 e. The Hall–Kier alpha value is -3.52. The number of aryl methyl sites for hydroxylation is 1. The van der Waals surface area contributed by atoms with Gasteiger partial charge in [0.2, 0.25) is 5.91 Å². The summed E-state index contributed by atoms with van der Waals surface area (Å²) in [6, 6.07) is 19.2. The number of amides is 2. The number of benzene rings is 2. The zero-order valence-corrected chi connectivity index (χ0v) is 17.0. The number of nitrogens with one attached hydrogen (secondary N) is 3. The SMILES string of the molecule is Cc1onc(-c2ccccc2)c1C(=O)NC(=S)NNC(=O)[C@H]1C[C@@H]1c1ccccc1. The molecule has 1 heterocycles. The number of carbonyl (C=O) groups excluding carboxylic acids is 2. The first kappa shape index (κ1) is 19.8. The Morgan fingerprint density at radius 2 is 1.70 bits per heavy atom. The van der Waals surface area contributed by atoms with Gasteiger partial charge in [0, 0.05) is 11.5 Å². The van der Waals surface area contributed by atoms with E-state index < -0.39 is 5.91 Å². The minimum Gasteiger partial charge on any atom is -0.360 e. The maximum atomic E-state index is 12.7. The van der Waals surface area contributed by atoms with Gasteiger partial charge in [-0.3, -0.25) is 25.8 Å². The normalized spacial score (nSPS) is 17.1. The van der Waals surface area contributed by atoms with E-state index in [-0.39, 0.29) is 22.9 Å². The quantitative estimate of drug-likeness (QED) is 0.443. The van der Waals surface area contributed by atoms with Crippen LogP contribution in [0.2, 0.25) is 0 Å². The molecule has 2 aromatic carbocycles. The van der Waals surface area contributed by atoms with E-state index >= 15 is 0 Å². The van der Waals surface area contributed by atoms with E-state index in [1.165, 1.54) is 0 Å². The van der Waals surface area contributed by atoms with Crippen molar-refractivity contribution in [3.8, 4) is 11.3 Å². The fraction of sp³-hybridized carbons (Fsp3) is 0.182. The van der Waals surface area contributed by atoms with Gasteiger partial charge >= 0.3 is 0 Å². The van der Waals surface area contributed by atoms with Gasteiger partial charge in [0.15, 0.2) is 5.11 Å². The highest BCUT2D eigenvalue weighted by atomic mass is 32.1. The Morgan fingerprint density at radius 1 is 1.03 bits per heavy atom. The van der Waals surface area contributed by atoms with Crippen molar-refractivity contribution in [2.75, 3.05) is 0 Å². The second-order valence-corrected chi connectivity index (χ2v) is 7.49. The zero-order valence-electron chi connectivity index (χ0n) is 16.2. The number of aromatic nitrogens is 1. The third-order valence-corrected chi connectivity index (χ3v) is 5.22. The third-order valence-electron chi connectivity index (χ3n) is 5.02. The second kappa shape index (κ2) is 8.46. The van der Waals surface area contributed by atoms with Gasteiger partial charge in [-0.25, -0.2) is 0 Å². The van der Waals surface area contributed by atoms with E-state index in [1.807, 2.05) is 60.7 Å². The molecule has 0 bridgehead atoms. The second-order valence-electron chi connectivity index (χ2n) is 7.09. The molecule has 30 heavy (non-hydrogen) atoms. The molecule has 0 spiro atoms. The predicted octanol–water partition coefficient (Wildman–Crippen LogP) is 3.09. The van der Waals surface area contributed by atoms with Crippen molar-refractivity contribution < 1.29 is 14.1 Å². The fourth-order valence-corrected chi connectivity index (χ4v) is 3.54. The molecular formula is C22H20N4O3S. The summed E-state index contributed by atoms with van der Waals surface area (Å²) < 4.78 is 5.20. The molecular weight excluding hydrogens is 400 g/mol. The largest absolute Gasteiger partial charge is 0.360 e.